The number of rotatable bonds is 3. The van der Waals surface area contributed by atoms with E-state index in [4.69, 9.17) is 0 Å². The fourth-order valence-corrected chi connectivity index (χ4v) is 6.02. The van der Waals surface area contributed by atoms with Crippen molar-refractivity contribution in [2.45, 2.75) is 9.79 Å². The molecule has 5 rings (SSSR count). The van der Waals surface area contributed by atoms with Crippen LogP contribution in [-0.2, 0) is 9.84 Å². The van der Waals surface area contributed by atoms with Crippen LogP contribution in [-0.4, -0.2) is 13.0 Å². The number of benzene rings is 4. The van der Waals surface area contributed by atoms with Gasteiger partial charge >= 0.3 is 0 Å². The maximum Gasteiger partial charge on any atom is 0.207 e. The lowest BCUT2D eigenvalue weighted by molar-refractivity contribution is 0.595. The average Bonchev–Trinajstić information content (AvgIpc) is 3.08. The van der Waals surface area contributed by atoms with E-state index < -0.39 is 9.84 Å². The summed E-state index contributed by atoms with van der Waals surface area (Å²) in [6.45, 7) is 0. The summed E-state index contributed by atoms with van der Waals surface area (Å²) in [4.78, 5) is 0.540. The minimum Gasteiger partial charge on any atom is -0.309 e. The molecule has 5 aromatic rings. The van der Waals surface area contributed by atoms with Crippen molar-refractivity contribution < 1.29 is 8.42 Å². The molecule has 0 saturated heterocycles. The maximum absolute atomic E-state index is 13.0. The third kappa shape index (κ3) is 2.89. The molecule has 1 heterocycles. The highest BCUT2D eigenvalue weighted by Crippen LogP contribution is 2.33. The molecule has 0 atom stereocenters. The minimum absolute atomic E-state index is 0.268. The summed E-state index contributed by atoms with van der Waals surface area (Å²) in [5.74, 6) is 0. The monoisotopic (exact) mass is 461 g/mol. The van der Waals surface area contributed by atoms with Crippen molar-refractivity contribution in [1.29, 1.82) is 0 Å². The second-order valence-corrected chi connectivity index (χ2v) is 9.57. The fourth-order valence-electron chi connectivity index (χ4n) is 3.76. The summed E-state index contributed by atoms with van der Waals surface area (Å²) in [5.41, 5.74) is 3.11. The summed E-state index contributed by atoms with van der Waals surface area (Å²) in [6.07, 6.45) is 0. The first kappa shape index (κ1) is 18.2. The van der Waals surface area contributed by atoms with Crippen LogP contribution in [0.3, 0.4) is 0 Å². The molecular formula is C24H16BrNO2S. The highest BCUT2D eigenvalue weighted by Gasteiger charge is 2.20. The lowest BCUT2D eigenvalue weighted by atomic mass is 10.2. The first-order valence-electron chi connectivity index (χ1n) is 9.15. The Labute approximate surface area is 177 Å². The van der Waals surface area contributed by atoms with E-state index in [0.717, 1.165) is 16.7 Å². The Morgan fingerprint density at radius 1 is 0.621 bits per heavy atom. The van der Waals surface area contributed by atoms with Crippen molar-refractivity contribution >= 4 is 47.6 Å². The summed E-state index contributed by atoms with van der Waals surface area (Å²) in [5, 5.41) is 2.35. The normalized spacial score (nSPS) is 11.9. The summed E-state index contributed by atoms with van der Waals surface area (Å²) in [7, 11) is -3.60. The fraction of sp³-hybridized carbons (Fsp3) is 0. The van der Waals surface area contributed by atoms with E-state index in [-0.39, 0.29) is 9.79 Å². The molecule has 0 unspecified atom stereocenters. The van der Waals surface area contributed by atoms with Crippen molar-refractivity contribution in [1.82, 2.24) is 4.57 Å². The van der Waals surface area contributed by atoms with Gasteiger partial charge in [0.1, 0.15) is 0 Å². The molecule has 5 heteroatoms. The van der Waals surface area contributed by atoms with E-state index in [1.807, 2.05) is 36.4 Å². The predicted octanol–water partition coefficient (Wildman–Crippen LogP) is 6.38. The molecule has 29 heavy (non-hydrogen) atoms. The van der Waals surface area contributed by atoms with Crippen LogP contribution in [0.2, 0.25) is 0 Å². The molecule has 0 radical (unpaired) electrons. The van der Waals surface area contributed by atoms with Crippen LogP contribution in [0, 0.1) is 0 Å². The van der Waals surface area contributed by atoms with E-state index in [2.05, 4.69) is 44.8 Å². The molecule has 142 valence electrons. The number of aromatic nitrogens is 1. The molecule has 0 saturated carbocycles. The predicted molar refractivity (Wildman–Crippen MR) is 120 cm³/mol. The molecule has 0 N–H and O–H groups in total. The second-order valence-electron chi connectivity index (χ2n) is 6.80. The Hall–Kier alpha value is -2.89. The number of fused-ring (bicyclic) bond motifs is 3. The number of para-hydroxylation sites is 2. The lowest BCUT2D eigenvalue weighted by Crippen LogP contribution is -2.03. The molecule has 0 amide bonds. The number of nitrogens with zero attached hydrogens (tertiary/aromatic N) is 1. The van der Waals surface area contributed by atoms with Crippen LogP contribution < -0.4 is 0 Å². The van der Waals surface area contributed by atoms with Crippen molar-refractivity contribution in [3.63, 3.8) is 0 Å². The largest absolute Gasteiger partial charge is 0.309 e. The summed E-state index contributed by atoms with van der Waals surface area (Å²) in [6, 6.07) is 30.4. The van der Waals surface area contributed by atoms with Gasteiger partial charge in [0, 0.05) is 20.9 Å². The van der Waals surface area contributed by atoms with Gasteiger partial charge in [-0.2, -0.15) is 0 Å². The zero-order valence-corrected chi connectivity index (χ0v) is 17.7. The van der Waals surface area contributed by atoms with Crippen LogP contribution in [0.4, 0.5) is 0 Å². The van der Waals surface area contributed by atoms with Crippen LogP contribution in [0.5, 0.6) is 0 Å². The third-order valence-corrected chi connectivity index (χ3v) is 7.89. The highest BCUT2D eigenvalue weighted by molar-refractivity contribution is 9.10. The highest BCUT2D eigenvalue weighted by atomic mass is 79.9. The Morgan fingerprint density at radius 3 is 1.72 bits per heavy atom. The summed E-state index contributed by atoms with van der Waals surface area (Å²) < 4.78 is 28.8. The van der Waals surface area contributed by atoms with E-state index in [0.29, 0.717) is 4.47 Å². The zero-order chi connectivity index (χ0) is 20.0. The Morgan fingerprint density at radius 2 is 1.14 bits per heavy atom. The van der Waals surface area contributed by atoms with Gasteiger partial charge in [0.25, 0.3) is 0 Å². The molecule has 0 aliphatic carbocycles. The molecule has 0 aliphatic rings. The smallest absolute Gasteiger partial charge is 0.207 e. The van der Waals surface area contributed by atoms with Gasteiger partial charge in [-0.3, -0.25) is 0 Å². The van der Waals surface area contributed by atoms with Crippen molar-refractivity contribution in [3.8, 4) is 5.69 Å². The lowest BCUT2D eigenvalue weighted by Gasteiger charge is -2.10. The Balaban J connectivity index is 1.68. The topological polar surface area (TPSA) is 39.1 Å². The van der Waals surface area contributed by atoms with Gasteiger partial charge in [-0.25, -0.2) is 8.42 Å². The Bertz CT molecular complexity index is 1420. The van der Waals surface area contributed by atoms with E-state index in [1.54, 1.807) is 36.4 Å². The van der Waals surface area contributed by atoms with E-state index >= 15 is 0 Å². The standard InChI is InChI=1S/C24H16BrNO2S/c25-21-9-3-6-12-24(21)29(27,28)18-15-13-17(14-16-18)26-22-10-4-1-7-19(22)20-8-2-5-11-23(20)26/h1-16H. The molecular weight excluding hydrogens is 446 g/mol. The van der Waals surface area contributed by atoms with Crippen LogP contribution >= 0.6 is 15.9 Å². The van der Waals surface area contributed by atoms with Gasteiger partial charge in [-0.05, 0) is 64.5 Å². The first-order chi connectivity index (χ1) is 14.1. The maximum atomic E-state index is 13.0. The molecule has 0 spiro atoms. The van der Waals surface area contributed by atoms with E-state index in [1.165, 1.54) is 10.8 Å². The van der Waals surface area contributed by atoms with E-state index in [9.17, 15) is 8.42 Å². The average molecular weight is 462 g/mol. The second kappa shape index (κ2) is 6.87. The van der Waals surface area contributed by atoms with Crippen molar-refractivity contribution in [2.75, 3.05) is 0 Å². The van der Waals surface area contributed by atoms with Crippen LogP contribution in [0.15, 0.2) is 111 Å². The number of hydrogen-bond acceptors (Lipinski definition) is 2. The molecule has 0 fully saturated rings. The van der Waals surface area contributed by atoms with Gasteiger partial charge in [0.05, 0.1) is 20.8 Å². The minimum atomic E-state index is -3.60. The van der Waals surface area contributed by atoms with Crippen molar-refractivity contribution in [2.24, 2.45) is 0 Å². The number of sulfone groups is 1. The molecule has 0 bridgehead atoms. The molecule has 1 aromatic heterocycles. The van der Waals surface area contributed by atoms with Gasteiger partial charge < -0.3 is 4.57 Å². The SMILES string of the molecule is O=S(=O)(c1ccc(-n2c3ccccc3c3ccccc32)cc1)c1ccccc1Br. The van der Waals surface area contributed by atoms with Crippen LogP contribution in [0.25, 0.3) is 27.5 Å². The first-order valence-corrected chi connectivity index (χ1v) is 11.4. The van der Waals surface area contributed by atoms with Gasteiger partial charge in [-0.1, -0.05) is 48.5 Å². The molecule has 0 aliphatic heterocycles. The van der Waals surface area contributed by atoms with Crippen molar-refractivity contribution in [3.05, 3.63) is 102 Å². The van der Waals surface area contributed by atoms with Gasteiger partial charge in [0.2, 0.25) is 9.84 Å². The third-order valence-electron chi connectivity index (χ3n) is 5.11. The van der Waals surface area contributed by atoms with Gasteiger partial charge in [-0.15, -0.1) is 0 Å². The Kier molecular flexibility index (Phi) is 4.30. The van der Waals surface area contributed by atoms with Crippen LogP contribution in [0.1, 0.15) is 0 Å². The van der Waals surface area contributed by atoms with Gasteiger partial charge in [0.15, 0.2) is 0 Å². The quantitative estimate of drug-likeness (QED) is 0.312. The molecule has 4 aromatic carbocycles. The molecule has 3 nitrogen and oxygen atoms in total. The number of halogens is 1. The summed E-state index contributed by atoms with van der Waals surface area (Å²) >= 11 is 3.35. The zero-order valence-electron chi connectivity index (χ0n) is 15.3. The number of hydrogen-bond donors (Lipinski definition) is 0.